The fraction of sp³-hybridized carbons (Fsp3) is 0.400. The van der Waals surface area contributed by atoms with E-state index in [1.165, 1.54) is 12.1 Å². The minimum atomic E-state index is -0.300. The van der Waals surface area contributed by atoms with Gasteiger partial charge in [0.2, 0.25) is 5.91 Å². The molecule has 6 heteroatoms. The summed E-state index contributed by atoms with van der Waals surface area (Å²) >= 11 is 0. The summed E-state index contributed by atoms with van der Waals surface area (Å²) in [7, 11) is 0. The monoisotopic (exact) mass is 357 g/mol. The molecule has 0 spiro atoms. The number of Topliss-reactive ketones (excluding diaryl/α,β-unsaturated/α-hetero) is 1. The zero-order valence-electron chi connectivity index (χ0n) is 15.5. The SMILES string of the molecule is CC(=O)N1CCN(CC(=O)c2cc(C)n(-c3cccc(F)c3)c2C)CC1. The minimum Gasteiger partial charge on any atom is -0.340 e. The average molecular weight is 357 g/mol. The Balaban J connectivity index is 1.75. The van der Waals surface area contributed by atoms with Crippen LogP contribution in [0.5, 0.6) is 0 Å². The van der Waals surface area contributed by atoms with Gasteiger partial charge in [-0.25, -0.2) is 4.39 Å². The molecule has 1 aliphatic rings. The highest BCUT2D eigenvalue weighted by Gasteiger charge is 2.23. The van der Waals surface area contributed by atoms with Gasteiger partial charge in [-0.2, -0.15) is 0 Å². The van der Waals surface area contributed by atoms with Crippen molar-refractivity contribution >= 4 is 11.7 Å². The highest BCUT2D eigenvalue weighted by molar-refractivity contribution is 5.99. The number of nitrogens with zero attached hydrogens (tertiary/aromatic N) is 3. The summed E-state index contributed by atoms with van der Waals surface area (Å²) in [5.74, 6) is -0.169. The van der Waals surface area contributed by atoms with Gasteiger partial charge in [-0.05, 0) is 38.1 Å². The van der Waals surface area contributed by atoms with Gasteiger partial charge in [-0.15, -0.1) is 0 Å². The fourth-order valence-electron chi connectivity index (χ4n) is 3.57. The quantitative estimate of drug-likeness (QED) is 0.790. The van der Waals surface area contributed by atoms with E-state index < -0.39 is 0 Å². The van der Waals surface area contributed by atoms with Crippen LogP contribution in [-0.2, 0) is 4.79 Å². The first kappa shape index (κ1) is 18.3. The standard InChI is InChI=1S/C20H24FN3O2/c1-14-11-19(15(2)24(14)18-6-4-5-17(21)12-18)20(26)13-22-7-9-23(10-8-22)16(3)25/h4-6,11-12H,7-10,13H2,1-3H3. The third-order valence-electron chi connectivity index (χ3n) is 4.98. The van der Waals surface area contributed by atoms with Crippen LogP contribution >= 0.6 is 0 Å². The van der Waals surface area contributed by atoms with Gasteiger partial charge in [0.05, 0.1) is 6.54 Å². The summed E-state index contributed by atoms with van der Waals surface area (Å²) in [5.41, 5.74) is 3.10. The number of aromatic nitrogens is 1. The Bertz CT molecular complexity index is 836. The van der Waals surface area contributed by atoms with E-state index in [4.69, 9.17) is 0 Å². The number of aryl methyl sites for hydroxylation is 1. The second-order valence-electron chi connectivity index (χ2n) is 6.81. The van der Waals surface area contributed by atoms with Gasteiger partial charge in [0.1, 0.15) is 5.82 Å². The predicted octanol–water partition coefficient (Wildman–Crippen LogP) is 2.58. The zero-order chi connectivity index (χ0) is 18.8. The number of ketones is 1. The summed E-state index contributed by atoms with van der Waals surface area (Å²) in [6, 6.07) is 8.24. The van der Waals surface area contributed by atoms with Crippen LogP contribution in [0.4, 0.5) is 4.39 Å². The molecule has 1 aliphatic heterocycles. The van der Waals surface area contributed by atoms with Crippen LogP contribution in [0.2, 0.25) is 0 Å². The molecule has 1 saturated heterocycles. The summed E-state index contributed by atoms with van der Waals surface area (Å²) in [6.45, 7) is 8.43. The van der Waals surface area contributed by atoms with Crippen molar-refractivity contribution in [3.8, 4) is 5.69 Å². The van der Waals surface area contributed by atoms with E-state index in [9.17, 15) is 14.0 Å². The van der Waals surface area contributed by atoms with Crippen molar-refractivity contribution in [2.75, 3.05) is 32.7 Å². The number of amides is 1. The van der Waals surface area contributed by atoms with Gasteiger partial charge < -0.3 is 9.47 Å². The molecule has 0 unspecified atom stereocenters. The number of hydrogen-bond acceptors (Lipinski definition) is 3. The maximum absolute atomic E-state index is 13.6. The van der Waals surface area contributed by atoms with E-state index in [0.29, 0.717) is 44.0 Å². The molecule has 2 aromatic rings. The molecular formula is C20H24FN3O2. The van der Waals surface area contributed by atoms with Crippen molar-refractivity contribution in [1.29, 1.82) is 0 Å². The summed E-state index contributed by atoms with van der Waals surface area (Å²) in [6.07, 6.45) is 0. The number of carbonyl (C=O) groups excluding carboxylic acids is 2. The number of halogens is 1. The zero-order valence-corrected chi connectivity index (χ0v) is 15.5. The molecule has 1 amide bonds. The summed E-state index contributed by atoms with van der Waals surface area (Å²) < 4.78 is 15.5. The molecule has 5 nitrogen and oxygen atoms in total. The molecule has 138 valence electrons. The van der Waals surface area contributed by atoms with Crippen molar-refractivity contribution in [3.05, 3.63) is 53.1 Å². The summed E-state index contributed by atoms with van der Waals surface area (Å²) in [5, 5.41) is 0. The van der Waals surface area contributed by atoms with E-state index >= 15 is 0 Å². The van der Waals surface area contributed by atoms with E-state index in [-0.39, 0.29) is 17.5 Å². The number of benzene rings is 1. The molecule has 0 bridgehead atoms. The highest BCUT2D eigenvalue weighted by atomic mass is 19.1. The Morgan fingerprint density at radius 1 is 1.08 bits per heavy atom. The lowest BCUT2D eigenvalue weighted by atomic mass is 10.1. The minimum absolute atomic E-state index is 0.0528. The molecule has 0 radical (unpaired) electrons. The molecule has 3 rings (SSSR count). The van der Waals surface area contributed by atoms with Crippen LogP contribution < -0.4 is 0 Å². The first-order valence-electron chi connectivity index (χ1n) is 8.83. The third kappa shape index (κ3) is 3.70. The first-order chi connectivity index (χ1) is 12.4. The average Bonchev–Trinajstić information content (AvgIpc) is 2.90. The molecule has 1 fully saturated rings. The van der Waals surface area contributed by atoms with Crippen LogP contribution in [-0.4, -0.2) is 58.8 Å². The number of hydrogen-bond donors (Lipinski definition) is 0. The molecule has 1 aromatic heterocycles. The van der Waals surface area contributed by atoms with Crippen molar-refractivity contribution in [1.82, 2.24) is 14.4 Å². The lowest BCUT2D eigenvalue weighted by molar-refractivity contribution is -0.130. The predicted molar refractivity (Wildman–Crippen MR) is 98.2 cm³/mol. The molecule has 26 heavy (non-hydrogen) atoms. The van der Waals surface area contributed by atoms with Gasteiger partial charge in [-0.3, -0.25) is 14.5 Å². The smallest absolute Gasteiger partial charge is 0.219 e. The maximum Gasteiger partial charge on any atom is 0.219 e. The third-order valence-corrected chi connectivity index (χ3v) is 4.98. The van der Waals surface area contributed by atoms with Gasteiger partial charge in [0.25, 0.3) is 0 Å². The number of rotatable bonds is 4. The van der Waals surface area contributed by atoms with Crippen molar-refractivity contribution < 1.29 is 14.0 Å². The Hall–Kier alpha value is -2.47. The molecule has 0 aliphatic carbocycles. The van der Waals surface area contributed by atoms with Crippen LogP contribution in [0.1, 0.15) is 28.7 Å². The van der Waals surface area contributed by atoms with E-state index in [0.717, 1.165) is 11.4 Å². The Morgan fingerprint density at radius 3 is 2.38 bits per heavy atom. The van der Waals surface area contributed by atoms with Crippen molar-refractivity contribution in [2.24, 2.45) is 0 Å². The molecule has 0 saturated carbocycles. The fourth-order valence-corrected chi connectivity index (χ4v) is 3.57. The molecule has 0 N–H and O–H groups in total. The van der Waals surface area contributed by atoms with Crippen LogP contribution in [0.15, 0.2) is 30.3 Å². The van der Waals surface area contributed by atoms with Gasteiger partial charge in [0.15, 0.2) is 5.78 Å². The second kappa shape index (κ2) is 7.41. The number of carbonyl (C=O) groups is 2. The van der Waals surface area contributed by atoms with Gasteiger partial charge in [-0.1, -0.05) is 6.07 Å². The van der Waals surface area contributed by atoms with Crippen molar-refractivity contribution in [3.63, 3.8) is 0 Å². The van der Waals surface area contributed by atoms with E-state index in [2.05, 4.69) is 4.90 Å². The Kier molecular flexibility index (Phi) is 5.23. The topological polar surface area (TPSA) is 45.6 Å². The summed E-state index contributed by atoms with van der Waals surface area (Å²) in [4.78, 5) is 28.1. The highest BCUT2D eigenvalue weighted by Crippen LogP contribution is 2.22. The maximum atomic E-state index is 13.6. The van der Waals surface area contributed by atoms with Gasteiger partial charge in [0, 0.05) is 55.7 Å². The van der Waals surface area contributed by atoms with Crippen LogP contribution in [0, 0.1) is 19.7 Å². The van der Waals surface area contributed by atoms with Crippen LogP contribution in [0.25, 0.3) is 5.69 Å². The van der Waals surface area contributed by atoms with Gasteiger partial charge >= 0.3 is 0 Å². The first-order valence-corrected chi connectivity index (χ1v) is 8.83. The van der Waals surface area contributed by atoms with E-state index in [1.807, 2.05) is 30.5 Å². The van der Waals surface area contributed by atoms with E-state index in [1.54, 1.807) is 17.9 Å². The lowest BCUT2D eigenvalue weighted by Crippen LogP contribution is -2.49. The van der Waals surface area contributed by atoms with Crippen LogP contribution in [0.3, 0.4) is 0 Å². The Labute approximate surface area is 153 Å². The Morgan fingerprint density at radius 2 is 1.77 bits per heavy atom. The largest absolute Gasteiger partial charge is 0.340 e. The lowest BCUT2D eigenvalue weighted by Gasteiger charge is -2.33. The normalized spacial score (nSPS) is 15.3. The molecule has 2 heterocycles. The molecule has 1 aromatic carbocycles. The molecular weight excluding hydrogens is 333 g/mol. The van der Waals surface area contributed by atoms with Crippen molar-refractivity contribution in [2.45, 2.75) is 20.8 Å². The second-order valence-corrected chi connectivity index (χ2v) is 6.81. The number of piperazine rings is 1. The molecule has 0 atom stereocenters.